The number of rotatable bonds is 4. The Labute approximate surface area is 191 Å². The zero-order valence-corrected chi connectivity index (χ0v) is 18.7. The van der Waals surface area contributed by atoms with Crippen LogP contribution in [0.15, 0.2) is 47.5 Å². The lowest BCUT2D eigenvalue weighted by molar-refractivity contribution is -0.137. The van der Waals surface area contributed by atoms with Crippen molar-refractivity contribution in [3.05, 3.63) is 59.2 Å². The van der Waals surface area contributed by atoms with Gasteiger partial charge >= 0.3 is 6.18 Å². The maximum Gasteiger partial charge on any atom is 0.416 e. The van der Waals surface area contributed by atoms with E-state index in [2.05, 4.69) is 17.1 Å². The summed E-state index contributed by atoms with van der Waals surface area (Å²) in [4.78, 5) is 7.00. The van der Waals surface area contributed by atoms with E-state index in [0.717, 1.165) is 61.3 Å². The summed E-state index contributed by atoms with van der Waals surface area (Å²) in [6.45, 7) is 5.94. The number of aliphatic imine (C=N–C) groups is 1. The van der Waals surface area contributed by atoms with E-state index in [0.29, 0.717) is 18.2 Å². The first kappa shape index (κ1) is 23.1. The SMILES string of the molecule is CCC(C(=Nc1ccc(C)cc1)NC#N)N1CCC2(CC1)COc1cc(C(F)(F)F)ccc12. The second kappa shape index (κ2) is 9.06. The molecule has 1 fully saturated rings. The number of amidine groups is 1. The molecule has 33 heavy (non-hydrogen) atoms. The molecule has 0 amide bonds. The summed E-state index contributed by atoms with van der Waals surface area (Å²) in [6, 6.07) is 11.6. The maximum absolute atomic E-state index is 13.1. The van der Waals surface area contributed by atoms with Gasteiger partial charge in [0.2, 0.25) is 0 Å². The number of nitrogens with one attached hydrogen (secondary N) is 1. The Morgan fingerprint density at radius 2 is 1.91 bits per heavy atom. The summed E-state index contributed by atoms with van der Waals surface area (Å²) >= 11 is 0. The van der Waals surface area contributed by atoms with E-state index in [1.165, 1.54) is 0 Å². The third kappa shape index (κ3) is 4.69. The van der Waals surface area contributed by atoms with Gasteiger partial charge in [-0.1, -0.05) is 30.7 Å². The van der Waals surface area contributed by atoms with Crippen molar-refractivity contribution < 1.29 is 17.9 Å². The van der Waals surface area contributed by atoms with Gasteiger partial charge in [-0.05, 0) is 63.5 Å². The molecule has 5 nitrogen and oxygen atoms in total. The molecule has 0 aliphatic carbocycles. The van der Waals surface area contributed by atoms with Crippen molar-refractivity contribution in [2.24, 2.45) is 4.99 Å². The Balaban J connectivity index is 1.52. The quantitative estimate of drug-likeness (QED) is 0.293. The van der Waals surface area contributed by atoms with Gasteiger partial charge in [-0.15, -0.1) is 0 Å². The molecular formula is C25H27F3N4O. The van der Waals surface area contributed by atoms with Gasteiger partial charge < -0.3 is 4.74 Å². The molecule has 0 aromatic heterocycles. The van der Waals surface area contributed by atoms with Crippen molar-refractivity contribution in [1.82, 2.24) is 10.2 Å². The fraction of sp³-hybridized carbons (Fsp3) is 0.440. The third-order valence-electron chi connectivity index (χ3n) is 6.75. The summed E-state index contributed by atoms with van der Waals surface area (Å²) in [5.74, 6) is 0.954. The van der Waals surface area contributed by atoms with Crippen molar-refractivity contribution in [3.63, 3.8) is 0 Å². The minimum atomic E-state index is -4.38. The topological polar surface area (TPSA) is 60.7 Å². The first-order valence-corrected chi connectivity index (χ1v) is 11.1. The van der Waals surface area contributed by atoms with Crippen LogP contribution in [0.25, 0.3) is 0 Å². The molecule has 0 radical (unpaired) electrons. The second-order valence-corrected chi connectivity index (χ2v) is 8.81. The number of hydrogen-bond donors (Lipinski definition) is 1. The van der Waals surface area contributed by atoms with Crippen molar-refractivity contribution in [2.45, 2.75) is 50.7 Å². The average molecular weight is 457 g/mol. The first-order valence-electron chi connectivity index (χ1n) is 11.1. The molecule has 2 aliphatic rings. The smallest absolute Gasteiger partial charge is 0.416 e. The second-order valence-electron chi connectivity index (χ2n) is 8.81. The Morgan fingerprint density at radius 1 is 1.21 bits per heavy atom. The van der Waals surface area contributed by atoms with Gasteiger partial charge in [-0.2, -0.15) is 18.4 Å². The molecule has 0 bridgehead atoms. The van der Waals surface area contributed by atoms with Gasteiger partial charge in [0.15, 0.2) is 6.19 Å². The van der Waals surface area contributed by atoms with Crippen LogP contribution in [0.5, 0.6) is 5.75 Å². The first-order chi connectivity index (χ1) is 15.8. The Kier molecular flexibility index (Phi) is 6.35. The van der Waals surface area contributed by atoms with E-state index < -0.39 is 11.7 Å². The number of likely N-dealkylation sites (tertiary alicyclic amines) is 1. The van der Waals surface area contributed by atoms with Gasteiger partial charge in [0.05, 0.1) is 23.9 Å². The number of alkyl halides is 3. The maximum atomic E-state index is 13.1. The van der Waals surface area contributed by atoms with Crippen molar-refractivity contribution in [2.75, 3.05) is 19.7 Å². The number of piperidine rings is 1. The van der Waals surface area contributed by atoms with Crippen molar-refractivity contribution in [1.29, 1.82) is 5.26 Å². The molecule has 1 unspecified atom stereocenters. The van der Waals surface area contributed by atoms with Crippen LogP contribution < -0.4 is 10.1 Å². The molecule has 1 saturated heterocycles. The van der Waals surface area contributed by atoms with E-state index >= 15 is 0 Å². The zero-order valence-electron chi connectivity index (χ0n) is 18.7. The van der Waals surface area contributed by atoms with E-state index in [-0.39, 0.29) is 11.5 Å². The van der Waals surface area contributed by atoms with E-state index in [1.54, 1.807) is 6.07 Å². The molecule has 2 aromatic rings. The summed E-state index contributed by atoms with van der Waals surface area (Å²) in [5.41, 5.74) is 1.83. The molecule has 2 aliphatic heterocycles. The normalized spacial score (nSPS) is 19.0. The van der Waals surface area contributed by atoms with Crippen molar-refractivity contribution in [3.8, 4) is 11.9 Å². The summed E-state index contributed by atoms with van der Waals surface area (Å²) in [5, 5.41) is 12.1. The lowest BCUT2D eigenvalue weighted by Gasteiger charge is -2.42. The highest BCUT2D eigenvalue weighted by Crippen LogP contribution is 2.47. The highest BCUT2D eigenvalue weighted by molar-refractivity contribution is 5.90. The lowest BCUT2D eigenvalue weighted by atomic mass is 9.74. The standard InChI is InChI=1S/C25H27F3N4O/c1-3-21(23(30-16-29)31-19-7-4-17(2)5-8-19)32-12-10-24(11-13-32)15-33-22-14-18(25(26,27)28)6-9-20(22)24/h4-9,14,21H,3,10-13,15H2,1-2H3,(H,30,31). The zero-order chi connectivity index (χ0) is 23.6. The minimum absolute atomic E-state index is 0.0577. The van der Waals surface area contributed by atoms with Crippen LogP contribution in [0.3, 0.4) is 0 Å². The van der Waals surface area contributed by atoms with E-state index in [4.69, 9.17) is 9.73 Å². The van der Waals surface area contributed by atoms with Crippen LogP contribution in [-0.2, 0) is 11.6 Å². The number of hydrogen-bond acceptors (Lipinski definition) is 4. The summed E-state index contributed by atoms with van der Waals surface area (Å²) in [6.07, 6.45) is -0.0568. The molecule has 0 saturated carbocycles. The van der Waals surface area contributed by atoms with Gasteiger partial charge in [0.1, 0.15) is 11.6 Å². The number of benzene rings is 2. The predicted molar refractivity (Wildman–Crippen MR) is 121 cm³/mol. The Hall–Kier alpha value is -3.05. The van der Waals surface area contributed by atoms with Gasteiger partial charge in [-0.3, -0.25) is 10.2 Å². The molecule has 1 atom stereocenters. The average Bonchev–Trinajstić information content (AvgIpc) is 3.14. The molecule has 4 rings (SSSR count). The van der Waals surface area contributed by atoms with E-state index in [9.17, 15) is 18.4 Å². The number of aryl methyl sites for hydroxylation is 1. The van der Waals surface area contributed by atoms with Gasteiger partial charge in [-0.25, -0.2) is 4.99 Å². The number of halogens is 3. The van der Waals surface area contributed by atoms with Crippen LogP contribution in [0.4, 0.5) is 18.9 Å². The number of nitriles is 1. The molecule has 8 heteroatoms. The fourth-order valence-electron chi connectivity index (χ4n) is 4.85. The molecule has 2 aromatic carbocycles. The van der Waals surface area contributed by atoms with Gasteiger partial charge in [0.25, 0.3) is 0 Å². The minimum Gasteiger partial charge on any atom is -0.492 e. The molecule has 1 N–H and O–H groups in total. The number of ether oxygens (including phenoxy) is 1. The van der Waals surface area contributed by atoms with Crippen LogP contribution in [0, 0.1) is 18.4 Å². The highest BCUT2D eigenvalue weighted by Gasteiger charge is 2.45. The predicted octanol–water partition coefficient (Wildman–Crippen LogP) is 5.32. The van der Waals surface area contributed by atoms with Gasteiger partial charge in [0, 0.05) is 11.0 Å². The lowest BCUT2D eigenvalue weighted by Crippen LogP contribution is -2.52. The van der Waals surface area contributed by atoms with Crippen molar-refractivity contribution >= 4 is 11.5 Å². The Bertz CT molecular complexity index is 1060. The number of nitrogens with zero attached hydrogens (tertiary/aromatic N) is 3. The van der Waals surface area contributed by atoms with Crippen LogP contribution in [0.2, 0.25) is 0 Å². The molecule has 2 heterocycles. The monoisotopic (exact) mass is 456 g/mol. The molecule has 1 spiro atoms. The van der Waals surface area contributed by atoms with Crippen LogP contribution >= 0.6 is 0 Å². The fourth-order valence-corrected chi connectivity index (χ4v) is 4.85. The molecular weight excluding hydrogens is 429 g/mol. The Morgan fingerprint density at radius 3 is 2.52 bits per heavy atom. The number of fused-ring (bicyclic) bond motifs is 2. The van der Waals surface area contributed by atoms with Crippen LogP contribution in [-0.4, -0.2) is 36.5 Å². The van der Waals surface area contributed by atoms with Crippen LogP contribution in [0.1, 0.15) is 42.9 Å². The highest BCUT2D eigenvalue weighted by atomic mass is 19.4. The third-order valence-corrected chi connectivity index (χ3v) is 6.75. The summed E-state index contributed by atoms with van der Waals surface area (Å²) < 4.78 is 45.0. The largest absolute Gasteiger partial charge is 0.492 e. The summed E-state index contributed by atoms with van der Waals surface area (Å²) in [7, 11) is 0. The van der Waals surface area contributed by atoms with E-state index in [1.807, 2.05) is 37.4 Å². The molecule has 174 valence electrons.